The molecule has 0 bridgehead atoms. The van der Waals surface area contributed by atoms with Crippen LogP contribution in [0, 0.1) is 0 Å². The summed E-state index contributed by atoms with van der Waals surface area (Å²) >= 11 is 5.96. The number of halogens is 1. The highest BCUT2D eigenvalue weighted by atomic mass is 35.5. The van der Waals surface area contributed by atoms with Gasteiger partial charge in [-0.25, -0.2) is 9.97 Å². The second-order valence-electron chi connectivity index (χ2n) is 3.42. The van der Waals surface area contributed by atoms with Crippen LogP contribution in [0.15, 0.2) is 48.8 Å². The van der Waals surface area contributed by atoms with Crippen LogP contribution in [0.5, 0.6) is 0 Å². The zero-order valence-corrected chi connectivity index (χ0v) is 10.1. The fourth-order valence-corrected chi connectivity index (χ4v) is 1.49. The van der Waals surface area contributed by atoms with Crippen molar-refractivity contribution in [2.24, 2.45) is 0 Å². The van der Waals surface area contributed by atoms with Crippen molar-refractivity contribution in [2.75, 3.05) is 5.32 Å². The highest BCUT2D eigenvalue weighted by Gasteiger charge is 1.99. The number of benzene rings is 1. The number of rotatable bonds is 3. The van der Waals surface area contributed by atoms with Crippen molar-refractivity contribution in [1.29, 1.82) is 0 Å². The standard InChI is InChI=1S/C13H10ClN3O/c14-11-5-2-1-4-10(11)6-7-12(18)17-13-15-8-3-9-16-13/h1-9H,(H,15,16,17,18)/b7-6+. The SMILES string of the molecule is O=C(/C=C/c1ccccc1Cl)Nc1ncccn1. The predicted octanol–water partition coefficient (Wildman–Crippen LogP) is 2.78. The summed E-state index contributed by atoms with van der Waals surface area (Å²) in [5, 5.41) is 3.14. The normalized spacial score (nSPS) is 10.5. The molecule has 18 heavy (non-hydrogen) atoms. The van der Waals surface area contributed by atoms with Gasteiger partial charge in [0.05, 0.1) is 0 Å². The molecule has 4 nitrogen and oxygen atoms in total. The maximum Gasteiger partial charge on any atom is 0.250 e. The molecule has 1 aromatic heterocycles. The Morgan fingerprint density at radius 1 is 1.17 bits per heavy atom. The zero-order chi connectivity index (χ0) is 12.8. The van der Waals surface area contributed by atoms with Crippen LogP contribution in [0.25, 0.3) is 6.08 Å². The van der Waals surface area contributed by atoms with Crippen molar-refractivity contribution < 1.29 is 4.79 Å². The van der Waals surface area contributed by atoms with Crippen LogP contribution in [0.2, 0.25) is 5.02 Å². The molecular weight excluding hydrogens is 250 g/mol. The number of carbonyl (C=O) groups is 1. The van der Waals surface area contributed by atoms with Gasteiger partial charge in [0.25, 0.3) is 5.91 Å². The largest absolute Gasteiger partial charge is 0.291 e. The smallest absolute Gasteiger partial charge is 0.250 e. The third kappa shape index (κ3) is 3.40. The van der Waals surface area contributed by atoms with Crippen LogP contribution in [-0.4, -0.2) is 15.9 Å². The van der Waals surface area contributed by atoms with Crippen LogP contribution in [0.1, 0.15) is 5.56 Å². The first-order valence-electron chi connectivity index (χ1n) is 5.26. The van der Waals surface area contributed by atoms with Crippen LogP contribution >= 0.6 is 11.6 Å². The lowest BCUT2D eigenvalue weighted by Crippen LogP contribution is -2.10. The number of anilines is 1. The zero-order valence-electron chi connectivity index (χ0n) is 9.38. The molecule has 0 aliphatic carbocycles. The second kappa shape index (κ2) is 5.93. The van der Waals surface area contributed by atoms with Gasteiger partial charge in [0, 0.05) is 23.5 Å². The first-order chi connectivity index (χ1) is 8.75. The fraction of sp³-hybridized carbons (Fsp3) is 0. The molecule has 5 heteroatoms. The van der Waals surface area contributed by atoms with Crippen molar-refractivity contribution in [2.45, 2.75) is 0 Å². The summed E-state index contributed by atoms with van der Waals surface area (Å²) in [7, 11) is 0. The van der Waals surface area contributed by atoms with E-state index in [9.17, 15) is 4.79 Å². The van der Waals surface area contributed by atoms with Crippen molar-refractivity contribution in [3.8, 4) is 0 Å². The van der Waals surface area contributed by atoms with E-state index >= 15 is 0 Å². The van der Waals surface area contributed by atoms with Gasteiger partial charge in [-0.1, -0.05) is 29.8 Å². The Labute approximate surface area is 109 Å². The Hall–Kier alpha value is -2.20. The number of hydrogen-bond donors (Lipinski definition) is 1. The summed E-state index contributed by atoms with van der Waals surface area (Å²) in [5.41, 5.74) is 0.781. The van der Waals surface area contributed by atoms with E-state index in [1.165, 1.54) is 6.08 Å². The minimum absolute atomic E-state index is 0.270. The molecule has 0 aliphatic heterocycles. The number of carbonyl (C=O) groups excluding carboxylic acids is 1. The molecule has 90 valence electrons. The third-order valence-electron chi connectivity index (χ3n) is 2.12. The van der Waals surface area contributed by atoms with Crippen molar-refractivity contribution >= 4 is 29.5 Å². The van der Waals surface area contributed by atoms with Crippen molar-refractivity contribution in [3.05, 3.63) is 59.4 Å². The summed E-state index contributed by atoms with van der Waals surface area (Å²) in [6.45, 7) is 0. The van der Waals surface area contributed by atoms with E-state index in [1.54, 1.807) is 30.6 Å². The molecule has 0 saturated heterocycles. The van der Waals surface area contributed by atoms with Gasteiger partial charge >= 0.3 is 0 Å². The van der Waals surface area contributed by atoms with Crippen molar-refractivity contribution in [1.82, 2.24) is 9.97 Å². The number of aromatic nitrogens is 2. The van der Waals surface area contributed by atoms with Crippen LogP contribution < -0.4 is 5.32 Å². The molecule has 2 rings (SSSR count). The Balaban J connectivity index is 2.02. The van der Waals surface area contributed by atoms with Crippen LogP contribution in [0.4, 0.5) is 5.95 Å². The van der Waals surface area contributed by atoms with Gasteiger partial charge in [0.2, 0.25) is 5.95 Å². The first-order valence-corrected chi connectivity index (χ1v) is 5.64. The molecule has 0 radical (unpaired) electrons. The highest BCUT2D eigenvalue weighted by molar-refractivity contribution is 6.32. The maximum atomic E-state index is 11.6. The van der Waals surface area contributed by atoms with Crippen LogP contribution in [0.3, 0.4) is 0 Å². The first kappa shape index (κ1) is 12.3. The lowest BCUT2D eigenvalue weighted by atomic mass is 10.2. The van der Waals surface area contributed by atoms with Gasteiger partial charge in [0.15, 0.2) is 0 Å². The Bertz CT molecular complexity index is 569. The number of amides is 1. The van der Waals surface area contributed by atoms with E-state index < -0.39 is 0 Å². The van der Waals surface area contributed by atoms with Gasteiger partial charge in [-0.2, -0.15) is 0 Å². The lowest BCUT2D eigenvalue weighted by molar-refractivity contribution is -0.111. The summed E-state index contributed by atoms with van der Waals surface area (Å²) < 4.78 is 0. The van der Waals surface area contributed by atoms with E-state index in [0.717, 1.165) is 5.56 Å². The summed E-state index contributed by atoms with van der Waals surface area (Å²) in [5.74, 6) is -0.0348. The van der Waals surface area contributed by atoms with E-state index in [1.807, 2.05) is 18.2 Å². The van der Waals surface area contributed by atoms with Gasteiger partial charge in [-0.15, -0.1) is 0 Å². The van der Waals surface area contributed by atoms with Crippen molar-refractivity contribution in [3.63, 3.8) is 0 Å². The number of nitrogens with one attached hydrogen (secondary N) is 1. The topological polar surface area (TPSA) is 54.9 Å². The summed E-state index contributed by atoms with van der Waals surface area (Å²) in [6.07, 6.45) is 6.14. The molecule has 0 fully saturated rings. The molecule has 1 amide bonds. The number of nitrogens with zero attached hydrogens (tertiary/aromatic N) is 2. The molecule has 0 saturated carbocycles. The molecular formula is C13H10ClN3O. The molecule has 0 aliphatic rings. The lowest BCUT2D eigenvalue weighted by Gasteiger charge is -1.99. The van der Waals surface area contributed by atoms with Gasteiger partial charge in [-0.3, -0.25) is 10.1 Å². The molecule has 1 heterocycles. The molecule has 0 atom stereocenters. The molecule has 1 N–H and O–H groups in total. The Kier molecular flexibility index (Phi) is 4.04. The van der Waals surface area contributed by atoms with E-state index in [0.29, 0.717) is 5.02 Å². The highest BCUT2D eigenvalue weighted by Crippen LogP contribution is 2.16. The minimum atomic E-state index is -0.305. The monoisotopic (exact) mass is 259 g/mol. The average molecular weight is 260 g/mol. The minimum Gasteiger partial charge on any atom is -0.291 e. The van der Waals surface area contributed by atoms with Gasteiger partial charge in [0.1, 0.15) is 0 Å². The van der Waals surface area contributed by atoms with Crippen LogP contribution in [-0.2, 0) is 4.79 Å². The average Bonchev–Trinajstić information content (AvgIpc) is 2.39. The summed E-state index contributed by atoms with van der Waals surface area (Å²) in [4.78, 5) is 19.4. The molecule has 0 spiro atoms. The summed E-state index contributed by atoms with van der Waals surface area (Å²) in [6, 6.07) is 8.95. The molecule has 2 aromatic rings. The predicted molar refractivity (Wildman–Crippen MR) is 71.1 cm³/mol. The maximum absolute atomic E-state index is 11.6. The quantitative estimate of drug-likeness (QED) is 0.863. The van der Waals surface area contributed by atoms with Gasteiger partial charge in [-0.05, 0) is 23.8 Å². The molecule has 1 aromatic carbocycles. The Morgan fingerprint density at radius 3 is 2.61 bits per heavy atom. The van der Waals surface area contributed by atoms with E-state index in [4.69, 9.17) is 11.6 Å². The number of hydrogen-bond acceptors (Lipinski definition) is 3. The van der Waals surface area contributed by atoms with E-state index in [2.05, 4.69) is 15.3 Å². The van der Waals surface area contributed by atoms with E-state index in [-0.39, 0.29) is 11.9 Å². The third-order valence-corrected chi connectivity index (χ3v) is 2.46. The Morgan fingerprint density at radius 2 is 1.89 bits per heavy atom. The fourth-order valence-electron chi connectivity index (χ4n) is 1.29. The second-order valence-corrected chi connectivity index (χ2v) is 3.82. The van der Waals surface area contributed by atoms with Gasteiger partial charge < -0.3 is 0 Å². The molecule has 0 unspecified atom stereocenters.